The summed E-state index contributed by atoms with van der Waals surface area (Å²) in [5.41, 5.74) is 0.176. The highest BCUT2D eigenvalue weighted by Gasteiger charge is 2.76. The van der Waals surface area contributed by atoms with Crippen molar-refractivity contribution in [2.75, 3.05) is 13.6 Å². The molecule has 0 aliphatic carbocycles. The number of amides is 1. The summed E-state index contributed by atoms with van der Waals surface area (Å²) >= 11 is 12.0. The molecule has 3 aliphatic heterocycles. The molecule has 0 aromatic heterocycles. The van der Waals surface area contributed by atoms with Gasteiger partial charge in [-0.2, -0.15) is 0 Å². The van der Waals surface area contributed by atoms with Crippen molar-refractivity contribution >= 4 is 53.5 Å². The molecule has 34 heavy (non-hydrogen) atoms. The molecule has 3 heterocycles. The fourth-order valence-electron chi connectivity index (χ4n) is 6.18. The van der Waals surface area contributed by atoms with Gasteiger partial charge in [-0.3, -0.25) is 9.59 Å². The van der Waals surface area contributed by atoms with Crippen LogP contribution in [-0.2, 0) is 23.7 Å². The van der Waals surface area contributed by atoms with E-state index in [1.807, 2.05) is 20.9 Å². The van der Waals surface area contributed by atoms with Crippen LogP contribution in [0, 0.1) is 5.92 Å². The molecular weight excluding hydrogens is 482 g/mol. The molecule has 184 valence electrons. The molecule has 0 spiro atoms. The smallest absolute Gasteiger partial charge is 0.587 e. The number of hydrogen-bond acceptors (Lipinski definition) is 6. The molecule has 1 aromatic carbocycles. The van der Waals surface area contributed by atoms with Crippen LogP contribution >= 0.6 is 23.2 Å². The molecule has 3 atom stereocenters. The maximum absolute atomic E-state index is 13.0. The number of piperidine rings is 1. The second kappa shape index (κ2) is 9.17. The van der Waals surface area contributed by atoms with Gasteiger partial charge in [0.25, 0.3) is 5.91 Å². The highest BCUT2D eigenvalue weighted by atomic mass is 35.5. The van der Waals surface area contributed by atoms with Gasteiger partial charge in [0.1, 0.15) is 17.9 Å². The summed E-state index contributed by atoms with van der Waals surface area (Å²) in [7, 11) is 1.87. The maximum Gasteiger partial charge on any atom is 0.587 e. The summed E-state index contributed by atoms with van der Waals surface area (Å²) in [4.78, 5) is 51.3. The number of ketones is 1. The van der Waals surface area contributed by atoms with Gasteiger partial charge in [-0.25, -0.2) is 9.59 Å². The largest absolute Gasteiger partial charge is 0.600 e. The van der Waals surface area contributed by atoms with Gasteiger partial charge in [-0.05, 0) is 42.8 Å². The van der Waals surface area contributed by atoms with Crippen LogP contribution in [0.25, 0.3) is 0 Å². The molecule has 1 N–H and O–H groups in total. The molecule has 3 fully saturated rings. The van der Waals surface area contributed by atoms with Crippen molar-refractivity contribution in [2.24, 2.45) is 5.92 Å². The van der Waals surface area contributed by atoms with Gasteiger partial charge in [0.2, 0.25) is 0 Å². The Hall–Kier alpha value is -2.10. The van der Waals surface area contributed by atoms with E-state index >= 15 is 0 Å². The first-order valence-electron chi connectivity index (χ1n) is 11.7. The summed E-state index contributed by atoms with van der Waals surface area (Å²) in [6.45, 7) is 1.38. The Labute approximate surface area is 208 Å². The predicted molar refractivity (Wildman–Crippen MR) is 127 cm³/mol. The van der Waals surface area contributed by atoms with E-state index in [1.54, 1.807) is 6.07 Å². The highest BCUT2D eigenvalue weighted by molar-refractivity contribution is 6.68. The van der Waals surface area contributed by atoms with Crippen LogP contribution in [-0.4, -0.2) is 60.4 Å². The van der Waals surface area contributed by atoms with Crippen molar-refractivity contribution in [3.05, 3.63) is 33.8 Å². The third-order valence-corrected chi connectivity index (χ3v) is 8.23. The molecule has 11 heteroatoms. The van der Waals surface area contributed by atoms with Crippen LogP contribution < -0.4 is 5.32 Å². The monoisotopic (exact) mass is 510 g/mol. The number of carbonyl (C=O) groups excluding carboxylic acids is 4. The minimum absolute atomic E-state index is 0.00950. The minimum Gasteiger partial charge on any atom is -0.600 e. The first-order chi connectivity index (χ1) is 16.0. The number of carbonyl (C=O) groups is 4. The SMILES string of the molecule is CC(C)C[C@H](CC(=O)CNC(=O)c1cc(Cl)ccc1Cl)[B-]12OC(=O)[C@@H]3CCC[C@@H](C(=O)O1)[N+]32C. The molecule has 0 saturated carbocycles. The number of quaternary nitrogens is 1. The average molecular weight is 511 g/mol. The van der Waals surface area contributed by atoms with Gasteiger partial charge in [0, 0.05) is 24.9 Å². The summed E-state index contributed by atoms with van der Waals surface area (Å²) in [5.74, 6) is -1.80. The number of hydrogen-bond donors (Lipinski definition) is 1. The number of likely N-dealkylation sites (N-methyl/N-ethyl adjacent to an activating group) is 1. The van der Waals surface area contributed by atoms with Crippen molar-refractivity contribution in [3.63, 3.8) is 0 Å². The van der Waals surface area contributed by atoms with Crippen LogP contribution in [0.5, 0.6) is 0 Å². The Morgan fingerprint density at radius 2 is 1.76 bits per heavy atom. The molecule has 8 nitrogen and oxygen atoms in total. The molecule has 0 bridgehead atoms. The van der Waals surface area contributed by atoms with E-state index in [4.69, 9.17) is 32.5 Å². The van der Waals surface area contributed by atoms with Crippen molar-refractivity contribution in [1.82, 2.24) is 5.32 Å². The van der Waals surface area contributed by atoms with Gasteiger partial charge in [-0.1, -0.05) is 43.5 Å². The molecule has 3 aliphatic rings. The Bertz CT molecular complexity index is 1020. The zero-order valence-corrected chi connectivity index (χ0v) is 21.0. The summed E-state index contributed by atoms with van der Waals surface area (Å²) in [5, 5.41) is 3.18. The number of halogens is 2. The summed E-state index contributed by atoms with van der Waals surface area (Å²) in [6, 6.07) is 3.60. The van der Waals surface area contributed by atoms with Gasteiger partial charge >= 0.3 is 18.6 Å². The number of nitrogens with zero attached hydrogens (tertiary/aromatic N) is 1. The molecule has 3 saturated heterocycles. The second-order valence-corrected chi connectivity index (χ2v) is 11.1. The third-order valence-electron chi connectivity index (χ3n) is 7.67. The molecule has 0 radical (unpaired) electrons. The van der Waals surface area contributed by atoms with Crippen molar-refractivity contribution in [3.8, 4) is 0 Å². The van der Waals surface area contributed by atoms with Crippen LogP contribution in [0.4, 0.5) is 0 Å². The van der Waals surface area contributed by atoms with Crippen LogP contribution in [0.1, 0.15) is 56.3 Å². The average Bonchev–Trinajstić information content (AvgIpc) is 3.13. The zero-order chi connectivity index (χ0) is 24.8. The molecule has 0 unspecified atom stereocenters. The zero-order valence-electron chi connectivity index (χ0n) is 19.5. The number of benzene rings is 1. The van der Waals surface area contributed by atoms with Gasteiger partial charge in [0.15, 0.2) is 0 Å². The van der Waals surface area contributed by atoms with E-state index in [2.05, 4.69) is 5.32 Å². The van der Waals surface area contributed by atoms with Gasteiger partial charge < -0.3 is 19.0 Å². The van der Waals surface area contributed by atoms with E-state index < -0.39 is 30.5 Å². The highest BCUT2D eigenvalue weighted by Crippen LogP contribution is 2.54. The maximum atomic E-state index is 13.0. The molecule has 4 rings (SSSR count). The van der Waals surface area contributed by atoms with Gasteiger partial charge in [0.05, 0.1) is 17.1 Å². The quantitative estimate of drug-likeness (QED) is 0.537. The van der Waals surface area contributed by atoms with E-state index in [-0.39, 0.29) is 51.6 Å². The van der Waals surface area contributed by atoms with Gasteiger partial charge in [-0.15, -0.1) is 0 Å². The molecular formula is C23H29BCl2N2O6. The van der Waals surface area contributed by atoms with Crippen LogP contribution in [0.15, 0.2) is 18.2 Å². The lowest BCUT2D eigenvalue weighted by atomic mass is 9.51. The molecule has 1 amide bonds. The lowest BCUT2D eigenvalue weighted by molar-refractivity contribution is -0.850. The minimum atomic E-state index is -2.40. The predicted octanol–water partition coefficient (Wildman–Crippen LogP) is 3.52. The lowest BCUT2D eigenvalue weighted by Crippen LogP contribution is -2.70. The Kier molecular flexibility index (Phi) is 6.74. The second-order valence-electron chi connectivity index (χ2n) is 10.2. The fraction of sp³-hybridized carbons (Fsp3) is 0.565. The lowest BCUT2D eigenvalue weighted by Gasteiger charge is -2.51. The van der Waals surface area contributed by atoms with Crippen molar-refractivity contribution in [2.45, 2.75) is 63.9 Å². The van der Waals surface area contributed by atoms with E-state index in [9.17, 15) is 19.2 Å². The summed E-state index contributed by atoms with van der Waals surface area (Å²) in [6.07, 6.45) is 2.56. The Morgan fingerprint density at radius 1 is 1.15 bits per heavy atom. The normalized spacial score (nSPS) is 30.5. The number of Topliss-reactive ketones (excluding diaryl/α,β-unsaturated/α-hetero) is 1. The van der Waals surface area contributed by atoms with Crippen molar-refractivity contribution < 1.29 is 32.9 Å². The topological polar surface area (TPSA) is 98.8 Å². The first kappa shape index (κ1) is 25.0. The third kappa shape index (κ3) is 4.01. The number of rotatable bonds is 8. The Balaban J connectivity index is 1.54. The fourth-order valence-corrected chi connectivity index (χ4v) is 6.55. The van der Waals surface area contributed by atoms with Crippen LogP contribution in [0.3, 0.4) is 0 Å². The van der Waals surface area contributed by atoms with Crippen molar-refractivity contribution in [1.29, 1.82) is 0 Å². The van der Waals surface area contributed by atoms with E-state index in [0.717, 1.165) is 6.42 Å². The van der Waals surface area contributed by atoms with Crippen LogP contribution in [0.2, 0.25) is 15.9 Å². The standard InChI is InChI=1S/C23H29BCl2N2O6/c1-13(2)9-14(10-16(29)12-27-21(30)17-11-15(25)7-8-18(17)26)24-28(3)19(22(31)33-24)5-4-6-20(28)23(32)34-24/h7-8,11,13-14,19-20H,4-6,9-10,12H2,1-3H3,(H,27,30)/t14-,19+,20+,24?,28?/m1/s1. The first-order valence-corrected chi connectivity index (χ1v) is 12.5. The summed E-state index contributed by atoms with van der Waals surface area (Å²) < 4.78 is 12.0. The Morgan fingerprint density at radius 3 is 2.35 bits per heavy atom. The number of nitrogens with one attached hydrogen (secondary N) is 1. The molecule has 1 aromatic rings. The van der Waals surface area contributed by atoms with E-state index in [0.29, 0.717) is 24.3 Å². The van der Waals surface area contributed by atoms with E-state index in [1.165, 1.54) is 12.1 Å².